The maximum atomic E-state index is 11.2. The minimum absolute atomic E-state index is 0.0482. The van der Waals surface area contributed by atoms with Crippen LogP contribution in [0.5, 0.6) is 0 Å². The molecule has 0 heterocycles. The molecule has 0 aromatic heterocycles. The van der Waals surface area contributed by atoms with Gasteiger partial charge in [0.25, 0.3) is 0 Å². The van der Waals surface area contributed by atoms with E-state index in [2.05, 4.69) is 5.32 Å². The number of amides is 1. The van der Waals surface area contributed by atoms with Gasteiger partial charge in [0, 0.05) is 6.42 Å². The van der Waals surface area contributed by atoms with Gasteiger partial charge in [0.05, 0.1) is 12.5 Å². The Balaban J connectivity index is 3.88. The van der Waals surface area contributed by atoms with Crippen molar-refractivity contribution < 1.29 is 14.4 Å². The maximum absolute atomic E-state index is 11.2. The first kappa shape index (κ1) is 11.8. The molecule has 0 aromatic rings. The van der Waals surface area contributed by atoms with Gasteiger partial charge in [-0.1, -0.05) is 6.92 Å². The van der Waals surface area contributed by atoms with E-state index in [0.717, 1.165) is 0 Å². The van der Waals surface area contributed by atoms with E-state index in [0.29, 0.717) is 6.42 Å². The number of carbonyl (C=O) groups is 3. The van der Waals surface area contributed by atoms with Crippen LogP contribution in [-0.2, 0) is 14.4 Å². The molecule has 1 atom stereocenters. The molecule has 0 spiro atoms. The molecule has 4 nitrogen and oxygen atoms in total. The van der Waals surface area contributed by atoms with Gasteiger partial charge in [-0.15, -0.1) is 0 Å². The maximum Gasteiger partial charge on any atom is 0.220 e. The minimum Gasteiger partial charge on any atom is -0.349 e. The Bertz CT molecular complexity index is 223. The molecule has 0 aromatic carbocycles. The quantitative estimate of drug-likeness (QED) is 0.627. The fourth-order valence-corrected chi connectivity index (χ4v) is 0.691. The number of Topliss-reactive ketones (excluding diaryl/α,β-unsaturated/α-hetero) is 2. The molecule has 4 heteroatoms. The number of carbonyl (C=O) groups excluding carboxylic acids is 3. The van der Waals surface area contributed by atoms with Crippen LogP contribution in [0, 0.1) is 5.92 Å². The average Bonchev–Trinajstić information content (AvgIpc) is 2.11. The monoisotopic (exact) mass is 185 g/mol. The van der Waals surface area contributed by atoms with Crippen molar-refractivity contribution in [2.75, 3.05) is 6.54 Å². The third-order valence-corrected chi connectivity index (χ3v) is 1.87. The molecule has 0 bridgehead atoms. The average molecular weight is 185 g/mol. The second-order valence-corrected chi connectivity index (χ2v) is 2.93. The summed E-state index contributed by atoms with van der Waals surface area (Å²) in [6, 6.07) is 0. The molecule has 1 unspecified atom stereocenters. The van der Waals surface area contributed by atoms with E-state index in [1.807, 2.05) is 0 Å². The van der Waals surface area contributed by atoms with Crippen LogP contribution in [0.4, 0.5) is 0 Å². The molecule has 1 N–H and O–H groups in total. The second kappa shape index (κ2) is 5.45. The van der Waals surface area contributed by atoms with Crippen molar-refractivity contribution >= 4 is 17.5 Å². The number of nitrogens with one attached hydrogen (secondary N) is 1. The Kier molecular flexibility index (Phi) is 4.96. The number of rotatable bonds is 5. The van der Waals surface area contributed by atoms with Crippen LogP contribution in [0.25, 0.3) is 0 Å². The molecule has 0 aliphatic carbocycles. The molecule has 1 amide bonds. The van der Waals surface area contributed by atoms with Crippen LogP contribution in [-0.4, -0.2) is 24.0 Å². The number of hydrogen-bond donors (Lipinski definition) is 1. The summed E-state index contributed by atoms with van der Waals surface area (Å²) in [6.07, 6.45) is 0.349. The van der Waals surface area contributed by atoms with Crippen molar-refractivity contribution in [3.63, 3.8) is 0 Å². The van der Waals surface area contributed by atoms with Gasteiger partial charge in [-0.25, -0.2) is 0 Å². The molecule has 0 aliphatic heterocycles. The standard InChI is InChI=1S/C9H15NO3/c1-4-9(13)10-5-8(12)6(2)7(3)11/h6H,4-5H2,1-3H3,(H,10,13). The third-order valence-electron chi connectivity index (χ3n) is 1.87. The summed E-state index contributed by atoms with van der Waals surface area (Å²) >= 11 is 0. The summed E-state index contributed by atoms with van der Waals surface area (Å²) in [5, 5.41) is 2.43. The summed E-state index contributed by atoms with van der Waals surface area (Å²) < 4.78 is 0. The first-order valence-corrected chi connectivity index (χ1v) is 4.28. The van der Waals surface area contributed by atoms with E-state index in [-0.39, 0.29) is 24.0 Å². The van der Waals surface area contributed by atoms with Crippen molar-refractivity contribution in [1.29, 1.82) is 0 Å². The number of ketones is 2. The molecular formula is C9H15NO3. The molecule has 13 heavy (non-hydrogen) atoms. The van der Waals surface area contributed by atoms with Crippen molar-refractivity contribution in [2.45, 2.75) is 27.2 Å². The highest BCUT2D eigenvalue weighted by Gasteiger charge is 2.17. The third kappa shape index (κ3) is 4.40. The normalized spacial score (nSPS) is 11.9. The minimum atomic E-state index is -0.614. The first-order valence-electron chi connectivity index (χ1n) is 4.28. The summed E-state index contributed by atoms with van der Waals surface area (Å²) in [5.74, 6) is -1.20. The van der Waals surface area contributed by atoms with E-state index in [9.17, 15) is 14.4 Å². The van der Waals surface area contributed by atoms with Crippen LogP contribution in [0.15, 0.2) is 0 Å². The lowest BCUT2D eigenvalue weighted by Crippen LogP contribution is -2.33. The Morgan fingerprint density at radius 1 is 1.31 bits per heavy atom. The van der Waals surface area contributed by atoms with Crippen LogP contribution in [0.3, 0.4) is 0 Å². The summed E-state index contributed by atoms with van der Waals surface area (Å²) in [4.78, 5) is 32.7. The van der Waals surface area contributed by atoms with E-state index >= 15 is 0 Å². The van der Waals surface area contributed by atoms with Crippen molar-refractivity contribution in [3.05, 3.63) is 0 Å². The zero-order valence-electron chi connectivity index (χ0n) is 8.22. The van der Waals surface area contributed by atoms with Gasteiger partial charge in [-0.3, -0.25) is 14.4 Å². The molecule has 0 rings (SSSR count). The Morgan fingerprint density at radius 3 is 2.23 bits per heavy atom. The molecule has 0 radical (unpaired) electrons. The SMILES string of the molecule is CCC(=O)NCC(=O)C(C)C(C)=O. The lowest BCUT2D eigenvalue weighted by Gasteiger charge is -2.06. The lowest BCUT2D eigenvalue weighted by molar-refractivity contribution is -0.132. The fourth-order valence-electron chi connectivity index (χ4n) is 0.691. The van der Waals surface area contributed by atoms with Crippen LogP contribution < -0.4 is 5.32 Å². The Morgan fingerprint density at radius 2 is 1.85 bits per heavy atom. The number of hydrogen-bond acceptors (Lipinski definition) is 3. The predicted octanol–water partition coefficient (Wildman–Crippen LogP) is 0.307. The Hall–Kier alpha value is -1.19. The largest absolute Gasteiger partial charge is 0.349 e. The smallest absolute Gasteiger partial charge is 0.220 e. The van der Waals surface area contributed by atoms with Gasteiger partial charge < -0.3 is 5.32 Å². The summed E-state index contributed by atoms with van der Waals surface area (Å²) in [7, 11) is 0. The van der Waals surface area contributed by atoms with Crippen LogP contribution >= 0.6 is 0 Å². The van der Waals surface area contributed by atoms with Gasteiger partial charge in [0.15, 0.2) is 5.78 Å². The van der Waals surface area contributed by atoms with E-state index in [1.54, 1.807) is 13.8 Å². The van der Waals surface area contributed by atoms with E-state index in [1.165, 1.54) is 6.92 Å². The first-order chi connectivity index (χ1) is 5.99. The molecular weight excluding hydrogens is 170 g/mol. The zero-order valence-corrected chi connectivity index (χ0v) is 8.22. The molecule has 0 aliphatic rings. The highest BCUT2D eigenvalue weighted by Crippen LogP contribution is 1.97. The zero-order chi connectivity index (χ0) is 10.4. The van der Waals surface area contributed by atoms with Crippen molar-refractivity contribution in [2.24, 2.45) is 5.92 Å². The van der Waals surface area contributed by atoms with Crippen molar-refractivity contribution in [3.8, 4) is 0 Å². The highest BCUT2D eigenvalue weighted by atomic mass is 16.2. The fraction of sp³-hybridized carbons (Fsp3) is 0.667. The molecule has 0 saturated carbocycles. The van der Waals surface area contributed by atoms with Crippen molar-refractivity contribution in [1.82, 2.24) is 5.32 Å². The summed E-state index contributed by atoms with van der Waals surface area (Å²) in [6.45, 7) is 4.56. The second-order valence-electron chi connectivity index (χ2n) is 2.93. The predicted molar refractivity (Wildman–Crippen MR) is 48.2 cm³/mol. The summed E-state index contributed by atoms with van der Waals surface area (Å²) in [5.41, 5.74) is 0. The molecule has 74 valence electrons. The van der Waals surface area contributed by atoms with Crippen LogP contribution in [0.1, 0.15) is 27.2 Å². The molecule has 0 fully saturated rings. The topological polar surface area (TPSA) is 63.2 Å². The van der Waals surface area contributed by atoms with Gasteiger partial charge in [0.2, 0.25) is 5.91 Å². The molecule has 0 saturated heterocycles. The highest BCUT2D eigenvalue weighted by molar-refractivity contribution is 6.02. The Labute approximate surface area is 77.7 Å². The van der Waals surface area contributed by atoms with E-state index in [4.69, 9.17) is 0 Å². The lowest BCUT2D eigenvalue weighted by atomic mass is 10.0. The van der Waals surface area contributed by atoms with E-state index < -0.39 is 5.92 Å². The van der Waals surface area contributed by atoms with Gasteiger partial charge in [-0.05, 0) is 13.8 Å². The van der Waals surface area contributed by atoms with Gasteiger partial charge in [0.1, 0.15) is 5.78 Å². The van der Waals surface area contributed by atoms with Crippen LogP contribution in [0.2, 0.25) is 0 Å². The van der Waals surface area contributed by atoms with Gasteiger partial charge >= 0.3 is 0 Å². The van der Waals surface area contributed by atoms with Gasteiger partial charge in [-0.2, -0.15) is 0 Å².